The normalized spacial score (nSPS) is 12.4. The van der Waals surface area contributed by atoms with E-state index in [1.165, 1.54) is 0 Å². The molecule has 3 nitrogen and oxygen atoms in total. The molecular weight excluding hydrogens is 164 g/mol. The second-order valence-corrected chi connectivity index (χ2v) is 2.87. The first-order valence-electron chi connectivity index (χ1n) is 4.39. The van der Waals surface area contributed by atoms with Gasteiger partial charge in [-0.2, -0.15) is 0 Å². The van der Waals surface area contributed by atoms with E-state index < -0.39 is 0 Å². The molecule has 0 aliphatic rings. The standard InChI is InChI=1S/C10H14N2O/c1-11-10(5-3-7-13)9-4-2-6-12-8-9/h2,4,6-8,10-11H,3,5H2,1H3. The molecule has 0 aliphatic carbocycles. The first-order valence-corrected chi connectivity index (χ1v) is 4.39. The number of hydrogen-bond acceptors (Lipinski definition) is 3. The van der Waals surface area contributed by atoms with E-state index in [1.807, 2.05) is 25.4 Å². The van der Waals surface area contributed by atoms with Gasteiger partial charge >= 0.3 is 0 Å². The molecule has 0 amide bonds. The number of carbonyl (C=O) groups is 1. The van der Waals surface area contributed by atoms with Gasteiger partial charge in [0, 0.05) is 24.9 Å². The molecule has 0 saturated heterocycles. The van der Waals surface area contributed by atoms with E-state index in [-0.39, 0.29) is 6.04 Å². The monoisotopic (exact) mass is 178 g/mol. The van der Waals surface area contributed by atoms with Crippen molar-refractivity contribution in [3.63, 3.8) is 0 Å². The zero-order valence-electron chi connectivity index (χ0n) is 7.73. The van der Waals surface area contributed by atoms with E-state index in [4.69, 9.17) is 0 Å². The maximum atomic E-state index is 10.2. The average Bonchev–Trinajstić information content (AvgIpc) is 2.21. The number of pyridine rings is 1. The van der Waals surface area contributed by atoms with Crippen molar-refractivity contribution in [2.75, 3.05) is 7.05 Å². The van der Waals surface area contributed by atoms with Gasteiger partial charge in [0.15, 0.2) is 0 Å². The molecule has 1 aromatic heterocycles. The number of aldehydes is 1. The van der Waals surface area contributed by atoms with Crippen LogP contribution in [0.2, 0.25) is 0 Å². The Bertz CT molecular complexity index is 248. The Kier molecular flexibility index (Phi) is 4.12. The van der Waals surface area contributed by atoms with Crippen molar-refractivity contribution in [2.24, 2.45) is 0 Å². The van der Waals surface area contributed by atoms with Crippen molar-refractivity contribution in [3.05, 3.63) is 30.1 Å². The number of carbonyl (C=O) groups excluding carboxylic acids is 1. The minimum absolute atomic E-state index is 0.235. The van der Waals surface area contributed by atoms with Crippen LogP contribution >= 0.6 is 0 Å². The Morgan fingerprint density at radius 3 is 3.08 bits per heavy atom. The largest absolute Gasteiger partial charge is 0.313 e. The van der Waals surface area contributed by atoms with Crippen LogP contribution in [-0.4, -0.2) is 18.3 Å². The van der Waals surface area contributed by atoms with Gasteiger partial charge in [0.05, 0.1) is 0 Å². The number of nitrogens with zero attached hydrogens (tertiary/aromatic N) is 1. The SMILES string of the molecule is CNC(CCC=O)c1cccnc1. The molecule has 1 aromatic rings. The Balaban J connectivity index is 2.61. The van der Waals surface area contributed by atoms with E-state index in [0.29, 0.717) is 6.42 Å². The van der Waals surface area contributed by atoms with Crippen LogP contribution in [0.25, 0.3) is 0 Å². The summed E-state index contributed by atoms with van der Waals surface area (Å²) in [6.07, 6.45) is 5.93. The minimum atomic E-state index is 0.235. The summed E-state index contributed by atoms with van der Waals surface area (Å²) < 4.78 is 0. The molecule has 1 heterocycles. The van der Waals surface area contributed by atoms with Gasteiger partial charge in [0.1, 0.15) is 6.29 Å². The molecule has 1 atom stereocenters. The van der Waals surface area contributed by atoms with E-state index in [9.17, 15) is 4.79 Å². The van der Waals surface area contributed by atoms with Crippen LogP contribution < -0.4 is 5.32 Å². The maximum absolute atomic E-state index is 10.2. The number of aromatic nitrogens is 1. The van der Waals surface area contributed by atoms with Crippen LogP contribution in [0.1, 0.15) is 24.4 Å². The first-order chi connectivity index (χ1) is 6.38. The predicted octanol–water partition coefficient (Wildman–Crippen LogP) is 1.32. The third-order valence-corrected chi connectivity index (χ3v) is 2.01. The summed E-state index contributed by atoms with van der Waals surface area (Å²) in [7, 11) is 1.89. The fourth-order valence-corrected chi connectivity index (χ4v) is 1.29. The Morgan fingerprint density at radius 2 is 2.54 bits per heavy atom. The quantitative estimate of drug-likeness (QED) is 0.691. The zero-order chi connectivity index (χ0) is 9.52. The predicted molar refractivity (Wildman–Crippen MR) is 51.3 cm³/mol. The van der Waals surface area contributed by atoms with Gasteiger partial charge in [-0.05, 0) is 25.1 Å². The number of hydrogen-bond donors (Lipinski definition) is 1. The maximum Gasteiger partial charge on any atom is 0.120 e. The molecule has 0 spiro atoms. The van der Waals surface area contributed by atoms with Gasteiger partial charge < -0.3 is 10.1 Å². The molecule has 0 fully saturated rings. The summed E-state index contributed by atoms with van der Waals surface area (Å²) in [5.74, 6) is 0. The molecule has 0 radical (unpaired) electrons. The highest BCUT2D eigenvalue weighted by molar-refractivity contribution is 5.49. The lowest BCUT2D eigenvalue weighted by molar-refractivity contribution is -0.108. The van der Waals surface area contributed by atoms with Gasteiger partial charge in [0.25, 0.3) is 0 Å². The highest BCUT2D eigenvalue weighted by atomic mass is 16.1. The Hall–Kier alpha value is -1.22. The van der Waals surface area contributed by atoms with Crippen LogP contribution in [0.4, 0.5) is 0 Å². The lowest BCUT2D eigenvalue weighted by Crippen LogP contribution is -2.16. The fourth-order valence-electron chi connectivity index (χ4n) is 1.29. The second-order valence-electron chi connectivity index (χ2n) is 2.87. The number of rotatable bonds is 5. The molecule has 0 bridgehead atoms. The summed E-state index contributed by atoms with van der Waals surface area (Å²) in [6, 6.07) is 4.15. The topological polar surface area (TPSA) is 42.0 Å². The smallest absolute Gasteiger partial charge is 0.120 e. The van der Waals surface area contributed by atoms with Crippen molar-refractivity contribution in [1.82, 2.24) is 10.3 Å². The molecule has 0 aliphatic heterocycles. The van der Waals surface area contributed by atoms with E-state index in [0.717, 1.165) is 18.3 Å². The summed E-state index contributed by atoms with van der Waals surface area (Å²) >= 11 is 0. The Morgan fingerprint density at radius 1 is 1.69 bits per heavy atom. The van der Waals surface area contributed by atoms with Crippen molar-refractivity contribution >= 4 is 6.29 Å². The molecule has 13 heavy (non-hydrogen) atoms. The van der Waals surface area contributed by atoms with E-state index in [1.54, 1.807) is 6.20 Å². The fraction of sp³-hybridized carbons (Fsp3) is 0.400. The molecule has 1 unspecified atom stereocenters. The highest BCUT2D eigenvalue weighted by Gasteiger charge is 2.07. The molecular formula is C10H14N2O. The van der Waals surface area contributed by atoms with E-state index >= 15 is 0 Å². The lowest BCUT2D eigenvalue weighted by atomic mass is 10.0. The third-order valence-electron chi connectivity index (χ3n) is 2.01. The van der Waals surface area contributed by atoms with Gasteiger partial charge in [-0.15, -0.1) is 0 Å². The molecule has 1 rings (SSSR count). The summed E-state index contributed by atoms with van der Waals surface area (Å²) in [5, 5.41) is 3.15. The molecule has 0 saturated carbocycles. The van der Waals surface area contributed by atoms with Crippen molar-refractivity contribution < 1.29 is 4.79 Å². The van der Waals surface area contributed by atoms with Gasteiger partial charge in [-0.1, -0.05) is 6.07 Å². The summed E-state index contributed by atoms with van der Waals surface area (Å²) in [4.78, 5) is 14.2. The van der Waals surface area contributed by atoms with Gasteiger partial charge in [-0.3, -0.25) is 4.98 Å². The highest BCUT2D eigenvalue weighted by Crippen LogP contribution is 2.15. The Labute approximate surface area is 78.2 Å². The lowest BCUT2D eigenvalue weighted by Gasteiger charge is -2.14. The zero-order valence-corrected chi connectivity index (χ0v) is 7.73. The molecule has 0 aromatic carbocycles. The van der Waals surface area contributed by atoms with Crippen LogP contribution in [0.5, 0.6) is 0 Å². The van der Waals surface area contributed by atoms with Gasteiger partial charge in [-0.25, -0.2) is 0 Å². The first kappa shape index (κ1) is 9.86. The van der Waals surface area contributed by atoms with Crippen molar-refractivity contribution in [1.29, 1.82) is 0 Å². The minimum Gasteiger partial charge on any atom is -0.313 e. The second kappa shape index (κ2) is 5.43. The summed E-state index contributed by atoms with van der Waals surface area (Å²) in [6.45, 7) is 0. The van der Waals surface area contributed by atoms with Crippen molar-refractivity contribution in [3.8, 4) is 0 Å². The molecule has 1 N–H and O–H groups in total. The van der Waals surface area contributed by atoms with Crippen LogP contribution in [-0.2, 0) is 4.79 Å². The third kappa shape index (κ3) is 2.95. The van der Waals surface area contributed by atoms with Gasteiger partial charge in [0.2, 0.25) is 0 Å². The molecule has 3 heteroatoms. The van der Waals surface area contributed by atoms with E-state index in [2.05, 4.69) is 10.3 Å². The van der Waals surface area contributed by atoms with Crippen LogP contribution in [0.3, 0.4) is 0 Å². The molecule has 70 valence electrons. The van der Waals surface area contributed by atoms with Crippen LogP contribution in [0, 0.1) is 0 Å². The number of nitrogens with one attached hydrogen (secondary N) is 1. The van der Waals surface area contributed by atoms with Crippen LogP contribution in [0.15, 0.2) is 24.5 Å². The van der Waals surface area contributed by atoms with Crippen molar-refractivity contribution in [2.45, 2.75) is 18.9 Å². The average molecular weight is 178 g/mol. The summed E-state index contributed by atoms with van der Waals surface area (Å²) in [5.41, 5.74) is 1.13.